The third-order valence-electron chi connectivity index (χ3n) is 4.76. The fourth-order valence-electron chi connectivity index (χ4n) is 3.26. The minimum atomic E-state index is -0.493. The molecule has 0 bridgehead atoms. The van der Waals surface area contributed by atoms with Crippen molar-refractivity contribution in [1.82, 2.24) is 5.32 Å². The van der Waals surface area contributed by atoms with Crippen molar-refractivity contribution in [2.75, 3.05) is 6.61 Å². The molecule has 2 amide bonds. The summed E-state index contributed by atoms with van der Waals surface area (Å²) < 4.78 is 5.80. The molecular formula is C18H20N2O5S. The van der Waals surface area contributed by atoms with E-state index in [4.69, 9.17) is 4.74 Å². The summed E-state index contributed by atoms with van der Waals surface area (Å²) in [6.07, 6.45) is 7.13. The average molecular weight is 376 g/mol. The first-order valence-corrected chi connectivity index (χ1v) is 9.34. The van der Waals surface area contributed by atoms with Gasteiger partial charge in [-0.15, -0.1) is 0 Å². The maximum atomic E-state index is 11.6. The van der Waals surface area contributed by atoms with Crippen LogP contribution in [0, 0.1) is 15.5 Å². The van der Waals surface area contributed by atoms with Gasteiger partial charge in [0, 0.05) is 11.5 Å². The fraction of sp³-hybridized carbons (Fsp3) is 0.444. The van der Waals surface area contributed by atoms with Crippen LogP contribution in [0.4, 0.5) is 10.5 Å². The molecule has 1 aliphatic carbocycles. The Balaban J connectivity index is 1.79. The molecule has 1 aromatic carbocycles. The van der Waals surface area contributed by atoms with Gasteiger partial charge in [-0.1, -0.05) is 32.3 Å². The Bertz CT molecular complexity index is 784. The first kappa shape index (κ1) is 18.4. The second kappa shape index (κ2) is 7.49. The van der Waals surface area contributed by atoms with E-state index in [1.807, 2.05) is 0 Å². The minimum Gasteiger partial charge on any atom is -0.486 e. The van der Waals surface area contributed by atoms with Crippen LogP contribution in [0.3, 0.4) is 0 Å². The topological polar surface area (TPSA) is 98.5 Å². The molecule has 1 saturated heterocycles. The molecule has 138 valence electrons. The van der Waals surface area contributed by atoms with Crippen molar-refractivity contribution < 1.29 is 19.2 Å². The molecule has 0 radical (unpaired) electrons. The number of amides is 2. The molecule has 7 nitrogen and oxygen atoms in total. The molecular weight excluding hydrogens is 356 g/mol. The molecule has 0 spiro atoms. The van der Waals surface area contributed by atoms with E-state index in [9.17, 15) is 19.7 Å². The van der Waals surface area contributed by atoms with Gasteiger partial charge in [0.15, 0.2) is 5.75 Å². The van der Waals surface area contributed by atoms with Crippen molar-refractivity contribution in [3.8, 4) is 5.75 Å². The van der Waals surface area contributed by atoms with Gasteiger partial charge in [0.05, 0.1) is 16.4 Å². The van der Waals surface area contributed by atoms with E-state index in [1.165, 1.54) is 18.6 Å². The lowest BCUT2D eigenvalue weighted by molar-refractivity contribution is -0.386. The molecule has 1 aliphatic heterocycles. The first-order chi connectivity index (χ1) is 12.4. The van der Waals surface area contributed by atoms with Gasteiger partial charge in [0.2, 0.25) is 0 Å². The Morgan fingerprint density at radius 1 is 1.31 bits per heavy atom. The monoisotopic (exact) mass is 376 g/mol. The molecule has 0 atom stereocenters. The molecule has 1 heterocycles. The number of nitrogens with zero attached hydrogens (tertiary/aromatic N) is 1. The SMILES string of the molecule is CC1(COc2ccc(/C=C3\SC(=O)NC3=O)cc2[N+](=O)[O-])CCCCC1. The smallest absolute Gasteiger partial charge is 0.311 e. The van der Waals surface area contributed by atoms with Crippen LogP contribution in [0.25, 0.3) is 6.08 Å². The largest absolute Gasteiger partial charge is 0.486 e. The summed E-state index contributed by atoms with van der Waals surface area (Å²) in [6.45, 7) is 2.60. The Kier molecular flexibility index (Phi) is 5.31. The number of hydrogen-bond donors (Lipinski definition) is 1. The zero-order valence-electron chi connectivity index (χ0n) is 14.4. The number of benzene rings is 1. The van der Waals surface area contributed by atoms with Crippen molar-refractivity contribution in [3.63, 3.8) is 0 Å². The van der Waals surface area contributed by atoms with Gasteiger partial charge in [0.25, 0.3) is 11.1 Å². The van der Waals surface area contributed by atoms with Gasteiger partial charge in [-0.25, -0.2) is 0 Å². The lowest BCUT2D eigenvalue weighted by Crippen LogP contribution is -2.27. The Morgan fingerprint density at radius 3 is 2.65 bits per heavy atom. The number of nitro groups is 1. The molecule has 1 aromatic rings. The van der Waals surface area contributed by atoms with Crippen molar-refractivity contribution in [2.24, 2.45) is 5.41 Å². The Morgan fingerprint density at radius 2 is 2.04 bits per heavy atom. The normalized spacial score (nSPS) is 20.9. The maximum Gasteiger partial charge on any atom is 0.311 e. The molecule has 3 rings (SSSR count). The summed E-state index contributed by atoms with van der Waals surface area (Å²) in [7, 11) is 0. The van der Waals surface area contributed by atoms with Crippen molar-refractivity contribution in [1.29, 1.82) is 0 Å². The fourth-order valence-corrected chi connectivity index (χ4v) is 3.95. The third-order valence-corrected chi connectivity index (χ3v) is 5.57. The number of carbonyl (C=O) groups is 2. The van der Waals surface area contributed by atoms with E-state index in [2.05, 4.69) is 12.2 Å². The maximum absolute atomic E-state index is 11.6. The van der Waals surface area contributed by atoms with Crippen LogP contribution in [0.2, 0.25) is 0 Å². The number of nitrogens with one attached hydrogen (secondary N) is 1. The molecule has 26 heavy (non-hydrogen) atoms. The van der Waals surface area contributed by atoms with Gasteiger partial charge in [-0.05, 0) is 42.3 Å². The van der Waals surface area contributed by atoms with Crippen LogP contribution in [0.5, 0.6) is 5.75 Å². The zero-order chi connectivity index (χ0) is 18.7. The second-order valence-electron chi connectivity index (χ2n) is 7.00. The highest BCUT2D eigenvalue weighted by Crippen LogP contribution is 2.38. The predicted octanol–water partition coefficient (Wildman–Crippen LogP) is 4.27. The third kappa shape index (κ3) is 4.24. The van der Waals surface area contributed by atoms with Crippen LogP contribution in [0.15, 0.2) is 23.1 Å². The predicted molar refractivity (Wildman–Crippen MR) is 98.9 cm³/mol. The van der Waals surface area contributed by atoms with E-state index in [-0.39, 0.29) is 21.8 Å². The van der Waals surface area contributed by atoms with Crippen molar-refractivity contribution in [2.45, 2.75) is 39.0 Å². The van der Waals surface area contributed by atoms with Crippen LogP contribution in [-0.2, 0) is 4.79 Å². The molecule has 1 saturated carbocycles. The van der Waals surface area contributed by atoms with E-state index < -0.39 is 16.1 Å². The highest BCUT2D eigenvalue weighted by molar-refractivity contribution is 8.18. The van der Waals surface area contributed by atoms with Gasteiger partial charge in [-0.3, -0.25) is 25.0 Å². The quantitative estimate of drug-likeness (QED) is 0.468. The summed E-state index contributed by atoms with van der Waals surface area (Å²) >= 11 is 0.776. The van der Waals surface area contributed by atoms with Crippen LogP contribution in [0.1, 0.15) is 44.6 Å². The summed E-state index contributed by atoms with van der Waals surface area (Å²) in [5.74, 6) is -0.267. The van der Waals surface area contributed by atoms with Crippen LogP contribution < -0.4 is 10.1 Å². The summed E-state index contributed by atoms with van der Waals surface area (Å²) in [5, 5.41) is 13.1. The minimum absolute atomic E-state index is 0.0473. The Labute approximate surface area is 155 Å². The standard InChI is InChI=1S/C18H20N2O5S/c1-18(7-3-2-4-8-18)11-25-14-6-5-12(9-13(14)20(23)24)10-15-16(21)19-17(22)26-15/h5-6,9-10H,2-4,7-8,11H2,1H3,(H,19,21,22)/b15-10-. The molecule has 8 heteroatoms. The lowest BCUT2D eigenvalue weighted by Gasteiger charge is -2.33. The number of carbonyl (C=O) groups excluding carboxylic acids is 2. The lowest BCUT2D eigenvalue weighted by atomic mass is 9.76. The first-order valence-electron chi connectivity index (χ1n) is 8.52. The number of hydrogen-bond acceptors (Lipinski definition) is 6. The van der Waals surface area contributed by atoms with E-state index in [0.29, 0.717) is 12.2 Å². The highest BCUT2D eigenvalue weighted by Gasteiger charge is 2.29. The van der Waals surface area contributed by atoms with Crippen LogP contribution >= 0.6 is 11.8 Å². The van der Waals surface area contributed by atoms with Gasteiger partial charge >= 0.3 is 5.69 Å². The van der Waals surface area contributed by atoms with Gasteiger partial charge < -0.3 is 4.74 Å². The molecule has 0 aromatic heterocycles. The zero-order valence-corrected chi connectivity index (χ0v) is 15.3. The number of thioether (sulfide) groups is 1. The number of imide groups is 1. The Hall–Kier alpha value is -2.35. The van der Waals surface area contributed by atoms with E-state index >= 15 is 0 Å². The van der Waals surface area contributed by atoms with E-state index in [0.717, 1.165) is 37.4 Å². The summed E-state index contributed by atoms with van der Waals surface area (Å²) in [4.78, 5) is 34.0. The number of rotatable bonds is 5. The molecule has 2 fully saturated rings. The summed E-state index contributed by atoms with van der Waals surface area (Å²) in [6, 6.07) is 4.56. The van der Waals surface area contributed by atoms with Crippen molar-refractivity contribution in [3.05, 3.63) is 38.8 Å². The van der Waals surface area contributed by atoms with E-state index in [1.54, 1.807) is 12.1 Å². The number of nitro benzene ring substituents is 1. The summed E-state index contributed by atoms with van der Waals surface area (Å²) in [5.41, 5.74) is 0.375. The second-order valence-corrected chi connectivity index (χ2v) is 8.01. The molecule has 2 aliphatic rings. The van der Waals surface area contributed by atoms with Crippen LogP contribution in [-0.4, -0.2) is 22.7 Å². The molecule has 0 unspecified atom stereocenters. The average Bonchev–Trinajstić information content (AvgIpc) is 2.91. The highest BCUT2D eigenvalue weighted by atomic mass is 32.2. The van der Waals surface area contributed by atoms with Crippen molar-refractivity contribution >= 4 is 34.7 Å². The van der Waals surface area contributed by atoms with Gasteiger partial charge in [-0.2, -0.15) is 0 Å². The molecule has 1 N–H and O–H groups in total. The van der Waals surface area contributed by atoms with Gasteiger partial charge in [0.1, 0.15) is 0 Å². The number of ether oxygens (including phenoxy) is 1.